The van der Waals surface area contributed by atoms with E-state index in [9.17, 15) is 0 Å². The Morgan fingerprint density at radius 2 is 0.375 bits per heavy atom. The fourth-order valence-corrected chi connectivity index (χ4v) is 3.35. The van der Waals surface area contributed by atoms with Crippen molar-refractivity contribution in [1.82, 2.24) is 0 Å². The maximum atomic E-state index is 2.24. The molecular formula is C40H64. The third kappa shape index (κ3) is 19.9. The molecule has 0 heteroatoms. The van der Waals surface area contributed by atoms with E-state index in [1.165, 1.54) is 22.3 Å². The lowest BCUT2D eigenvalue weighted by atomic mass is 9.93. The SMILES string of the molecule is CC.CC.CC.CC.CC.CC.CC(c1ccccc1)c1ccccc1.CC(c1ccccc1)c1ccccc1. The van der Waals surface area contributed by atoms with Gasteiger partial charge in [0.1, 0.15) is 0 Å². The fourth-order valence-electron chi connectivity index (χ4n) is 3.35. The van der Waals surface area contributed by atoms with Crippen LogP contribution in [0, 0.1) is 0 Å². The summed E-state index contributed by atoms with van der Waals surface area (Å²) in [5.74, 6) is 0.967. The van der Waals surface area contributed by atoms with Crippen LogP contribution in [-0.2, 0) is 0 Å². The minimum absolute atomic E-state index is 0.484. The Balaban J connectivity index is -0.000000236. The van der Waals surface area contributed by atoms with Gasteiger partial charge in [-0.05, 0) is 22.3 Å². The summed E-state index contributed by atoms with van der Waals surface area (Å²) in [7, 11) is 0. The second kappa shape index (κ2) is 35.9. The van der Waals surface area contributed by atoms with Crippen LogP contribution in [0.15, 0.2) is 121 Å². The zero-order valence-electron chi connectivity index (χ0n) is 28.7. The van der Waals surface area contributed by atoms with Gasteiger partial charge in [-0.25, -0.2) is 0 Å². The highest BCUT2D eigenvalue weighted by Crippen LogP contribution is 2.23. The molecule has 0 atom stereocenters. The fraction of sp³-hybridized carbons (Fsp3) is 0.400. The van der Waals surface area contributed by atoms with Crippen molar-refractivity contribution < 1.29 is 0 Å². The summed E-state index contributed by atoms with van der Waals surface area (Å²) < 4.78 is 0. The smallest absolute Gasteiger partial charge is 0.00610 e. The van der Waals surface area contributed by atoms with Crippen LogP contribution in [-0.4, -0.2) is 0 Å². The normalized spacial score (nSPS) is 8.20. The lowest BCUT2D eigenvalue weighted by Gasteiger charge is -2.11. The molecule has 224 valence electrons. The number of rotatable bonds is 4. The molecule has 0 fully saturated rings. The molecule has 4 rings (SSSR count). The molecule has 0 saturated carbocycles. The minimum Gasteiger partial charge on any atom is -0.0683 e. The monoisotopic (exact) mass is 545 g/mol. The maximum Gasteiger partial charge on any atom is 0.00610 e. The van der Waals surface area contributed by atoms with Gasteiger partial charge in [0.15, 0.2) is 0 Å². The van der Waals surface area contributed by atoms with Crippen molar-refractivity contribution in [2.24, 2.45) is 0 Å². The molecular weight excluding hydrogens is 480 g/mol. The van der Waals surface area contributed by atoms with Crippen molar-refractivity contribution in [3.8, 4) is 0 Å². The second-order valence-corrected chi connectivity index (χ2v) is 7.09. The Morgan fingerprint density at radius 1 is 0.250 bits per heavy atom. The third-order valence-electron chi connectivity index (χ3n) is 5.20. The molecule has 0 aromatic heterocycles. The molecule has 0 aliphatic carbocycles. The van der Waals surface area contributed by atoms with Gasteiger partial charge in [-0.2, -0.15) is 0 Å². The Hall–Kier alpha value is -3.12. The van der Waals surface area contributed by atoms with Crippen LogP contribution in [0.25, 0.3) is 0 Å². The van der Waals surface area contributed by atoms with Crippen LogP contribution < -0.4 is 0 Å². The summed E-state index contributed by atoms with van der Waals surface area (Å²) in [6, 6.07) is 42.4. The van der Waals surface area contributed by atoms with E-state index in [2.05, 4.69) is 135 Å². The molecule has 0 unspecified atom stereocenters. The molecule has 0 aliphatic heterocycles. The van der Waals surface area contributed by atoms with E-state index in [1.807, 2.05) is 83.1 Å². The van der Waals surface area contributed by atoms with Crippen LogP contribution in [0.5, 0.6) is 0 Å². The highest BCUT2D eigenvalue weighted by molar-refractivity contribution is 5.32. The molecule has 0 spiro atoms. The highest BCUT2D eigenvalue weighted by atomic mass is 14.1. The molecule has 4 aromatic rings. The molecule has 4 aromatic carbocycles. The van der Waals surface area contributed by atoms with E-state index in [1.54, 1.807) is 0 Å². The number of hydrogen-bond donors (Lipinski definition) is 0. The Morgan fingerprint density at radius 3 is 0.500 bits per heavy atom. The zero-order chi connectivity index (χ0) is 31.6. The van der Waals surface area contributed by atoms with Gasteiger partial charge in [-0.15, -0.1) is 0 Å². The van der Waals surface area contributed by atoms with Crippen molar-refractivity contribution in [2.75, 3.05) is 0 Å². The average Bonchev–Trinajstić information content (AvgIpc) is 3.11. The molecule has 0 N–H and O–H groups in total. The predicted molar refractivity (Wildman–Crippen MR) is 189 cm³/mol. The Labute approximate surface area is 251 Å². The minimum atomic E-state index is 0.484. The predicted octanol–water partition coefficient (Wildman–Crippen LogP) is 13.8. The molecule has 0 heterocycles. The van der Waals surface area contributed by atoms with Crippen molar-refractivity contribution in [3.63, 3.8) is 0 Å². The van der Waals surface area contributed by atoms with E-state index >= 15 is 0 Å². The largest absolute Gasteiger partial charge is 0.0683 e. The lowest BCUT2D eigenvalue weighted by molar-refractivity contribution is 0.922. The van der Waals surface area contributed by atoms with Crippen LogP contribution in [0.2, 0.25) is 0 Å². The standard InChI is InChI=1S/2C14H14.6C2H6/c2*1-12(13-8-4-2-5-9-13)14-10-6-3-7-11-14;6*1-2/h2*2-12H,1H3;6*1-2H3. The van der Waals surface area contributed by atoms with E-state index in [0.29, 0.717) is 11.8 Å². The van der Waals surface area contributed by atoms with E-state index in [-0.39, 0.29) is 0 Å². The van der Waals surface area contributed by atoms with Crippen LogP contribution in [0.4, 0.5) is 0 Å². The molecule has 0 aliphatic rings. The van der Waals surface area contributed by atoms with Gasteiger partial charge in [-0.1, -0.05) is 218 Å². The maximum absolute atomic E-state index is 2.24. The first-order chi connectivity index (χ1) is 19.8. The van der Waals surface area contributed by atoms with Gasteiger partial charge in [0.05, 0.1) is 0 Å². The zero-order valence-corrected chi connectivity index (χ0v) is 28.7. The van der Waals surface area contributed by atoms with Crippen molar-refractivity contribution in [2.45, 2.75) is 109 Å². The van der Waals surface area contributed by atoms with Crippen molar-refractivity contribution >= 4 is 0 Å². The number of hydrogen-bond acceptors (Lipinski definition) is 0. The summed E-state index contributed by atoms with van der Waals surface area (Å²) in [6.07, 6.45) is 0. The first kappa shape index (κ1) is 43.9. The Kier molecular flexibility index (Phi) is 39.4. The lowest BCUT2D eigenvalue weighted by Crippen LogP contribution is -1.94. The van der Waals surface area contributed by atoms with Crippen LogP contribution >= 0.6 is 0 Å². The van der Waals surface area contributed by atoms with E-state index in [0.717, 1.165) is 0 Å². The van der Waals surface area contributed by atoms with Gasteiger partial charge >= 0.3 is 0 Å². The molecule has 0 saturated heterocycles. The van der Waals surface area contributed by atoms with Gasteiger partial charge in [0, 0.05) is 11.8 Å². The number of benzene rings is 4. The van der Waals surface area contributed by atoms with E-state index in [4.69, 9.17) is 0 Å². The third-order valence-corrected chi connectivity index (χ3v) is 5.20. The molecule has 0 radical (unpaired) electrons. The quantitative estimate of drug-likeness (QED) is 0.240. The first-order valence-corrected chi connectivity index (χ1v) is 16.0. The van der Waals surface area contributed by atoms with Crippen molar-refractivity contribution in [1.29, 1.82) is 0 Å². The second-order valence-electron chi connectivity index (χ2n) is 7.09. The molecule has 40 heavy (non-hydrogen) atoms. The summed E-state index contributed by atoms with van der Waals surface area (Å²) in [4.78, 5) is 0. The topological polar surface area (TPSA) is 0 Å². The first-order valence-electron chi connectivity index (χ1n) is 16.0. The van der Waals surface area contributed by atoms with E-state index < -0.39 is 0 Å². The van der Waals surface area contributed by atoms with Gasteiger partial charge in [0.25, 0.3) is 0 Å². The van der Waals surface area contributed by atoms with Gasteiger partial charge < -0.3 is 0 Å². The molecule has 0 nitrogen and oxygen atoms in total. The summed E-state index contributed by atoms with van der Waals surface area (Å²) in [6.45, 7) is 28.5. The Bertz CT molecular complexity index is 753. The van der Waals surface area contributed by atoms with Crippen LogP contribution in [0.3, 0.4) is 0 Å². The van der Waals surface area contributed by atoms with Gasteiger partial charge in [-0.3, -0.25) is 0 Å². The summed E-state index contributed by atoms with van der Waals surface area (Å²) >= 11 is 0. The summed E-state index contributed by atoms with van der Waals surface area (Å²) in [5.41, 5.74) is 5.50. The van der Waals surface area contributed by atoms with Crippen LogP contribution in [0.1, 0.15) is 131 Å². The molecule has 0 bridgehead atoms. The summed E-state index contributed by atoms with van der Waals surface area (Å²) in [5, 5.41) is 0. The van der Waals surface area contributed by atoms with Gasteiger partial charge in [0.2, 0.25) is 0 Å². The van der Waals surface area contributed by atoms with Crippen molar-refractivity contribution in [3.05, 3.63) is 144 Å². The molecule has 0 amide bonds. The highest BCUT2D eigenvalue weighted by Gasteiger charge is 2.06. The average molecular weight is 545 g/mol.